The lowest BCUT2D eigenvalue weighted by Crippen LogP contribution is -2.49. The zero-order chi connectivity index (χ0) is 19.9. The molecule has 1 aliphatic rings. The summed E-state index contributed by atoms with van der Waals surface area (Å²) in [5.74, 6) is -1.04. The number of hydrogen-bond donors (Lipinski definition) is 1. The van der Waals surface area contributed by atoms with Crippen LogP contribution in [-0.4, -0.2) is 59.4 Å². The van der Waals surface area contributed by atoms with Gasteiger partial charge in [0.15, 0.2) is 17.3 Å². The number of halogens is 1. The molecule has 1 aromatic heterocycles. The van der Waals surface area contributed by atoms with Crippen LogP contribution in [0.1, 0.15) is 29.5 Å². The first-order valence-corrected chi connectivity index (χ1v) is 9.04. The third kappa shape index (κ3) is 4.86. The Morgan fingerprint density at radius 1 is 1.39 bits per heavy atom. The minimum absolute atomic E-state index is 0.0383. The molecule has 1 aliphatic heterocycles. The van der Waals surface area contributed by atoms with Crippen LogP contribution in [0.2, 0.25) is 0 Å². The summed E-state index contributed by atoms with van der Waals surface area (Å²) >= 11 is 0. The van der Waals surface area contributed by atoms with Gasteiger partial charge in [0.05, 0.1) is 38.0 Å². The van der Waals surface area contributed by atoms with Crippen molar-refractivity contribution in [1.82, 2.24) is 15.1 Å². The number of esters is 1. The van der Waals surface area contributed by atoms with Crippen molar-refractivity contribution < 1.29 is 28.2 Å². The number of ether oxygens (including phenoxy) is 3. The number of H-pyrrole nitrogens is 1. The molecular weight excluding hydrogens is 369 g/mol. The minimum atomic E-state index is -0.464. The number of nitrogens with zero attached hydrogens (tertiary/aromatic N) is 2. The van der Waals surface area contributed by atoms with Gasteiger partial charge in [-0.25, -0.2) is 4.39 Å². The average molecular weight is 391 g/mol. The molecule has 0 radical (unpaired) electrons. The van der Waals surface area contributed by atoms with Gasteiger partial charge in [0.25, 0.3) is 5.91 Å². The van der Waals surface area contributed by atoms with Crippen LogP contribution in [-0.2, 0) is 20.9 Å². The Hall–Kier alpha value is -2.94. The van der Waals surface area contributed by atoms with E-state index in [0.29, 0.717) is 18.8 Å². The van der Waals surface area contributed by atoms with Crippen molar-refractivity contribution in [3.05, 3.63) is 47.5 Å². The zero-order valence-electron chi connectivity index (χ0n) is 15.5. The van der Waals surface area contributed by atoms with Gasteiger partial charge in [0, 0.05) is 6.54 Å². The van der Waals surface area contributed by atoms with Crippen LogP contribution >= 0.6 is 0 Å². The molecule has 8 nitrogen and oxygen atoms in total. The maximum absolute atomic E-state index is 13.6. The van der Waals surface area contributed by atoms with Crippen molar-refractivity contribution in [2.24, 2.45) is 0 Å². The van der Waals surface area contributed by atoms with E-state index in [0.717, 1.165) is 0 Å². The normalized spacial score (nSPS) is 16.6. The lowest BCUT2D eigenvalue weighted by atomic mass is 10.1. The number of hydrogen-bond acceptors (Lipinski definition) is 6. The number of aromatic amines is 1. The molecule has 9 heteroatoms. The van der Waals surface area contributed by atoms with Gasteiger partial charge in [-0.1, -0.05) is 12.1 Å². The van der Waals surface area contributed by atoms with Crippen molar-refractivity contribution in [1.29, 1.82) is 0 Å². The standard InChI is InChI=1S/C19H22FN3O5/c1-2-27-18(24)10-14-12-26-8-7-23(14)19(25)16-9-13(21-22-16)11-28-17-6-4-3-5-15(17)20/h3-6,9,14H,2,7-8,10-12H2,1H3,(H,21,22)/t14-/m1/s1. The Morgan fingerprint density at radius 3 is 3.00 bits per heavy atom. The van der Waals surface area contributed by atoms with Gasteiger partial charge in [0.2, 0.25) is 0 Å². The number of nitrogens with one attached hydrogen (secondary N) is 1. The molecule has 1 atom stereocenters. The first-order valence-electron chi connectivity index (χ1n) is 9.04. The monoisotopic (exact) mass is 391 g/mol. The summed E-state index contributed by atoms with van der Waals surface area (Å²) in [5.41, 5.74) is 0.727. The highest BCUT2D eigenvalue weighted by Crippen LogP contribution is 2.18. The summed E-state index contributed by atoms with van der Waals surface area (Å²) < 4.78 is 29.4. The maximum Gasteiger partial charge on any atom is 0.307 e. The first-order chi connectivity index (χ1) is 13.6. The molecule has 0 saturated carbocycles. The van der Waals surface area contributed by atoms with E-state index in [1.807, 2.05) is 0 Å². The fraction of sp³-hybridized carbons (Fsp3) is 0.421. The van der Waals surface area contributed by atoms with Crippen molar-refractivity contribution in [2.45, 2.75) is 26.0 Å². The maximum atomic E-state index is 13.6. The molecule has 1 fully saturated rings. The van der Waals surface area contributed by atoms with E-state index in [2.05, 4.69) is 10.2 Å². The van der Waals surface area contributed by atoms with Crippen molar-refractivity contribution in [3.63, 3.8) is 0 Å². The number of rotatable bonds is 7. The predicted molar refractivity (Wildman–Crippen MR) is 96.2 cm³/mol. The average Bonchev–Trinajstić information content (AvgIpc) is 3.16. The largest absolute Gasteiger partial charge is 0.484 e. The fourth-order valence-electron chi connectivity index (χ4n) is 2.91. The molecule has 2 heterocycles. The Kier molecular flexibility index (Phi) is 6.59. The van der Waals surface area contributed by atoms with Crippen LogP contribution in [0, 0.1) is 5.82 Å². The highest BCUT2D eigenvalue weighted by molar-refractivity contribution is 5.93. The number of amides is 1. The lowest BCUT2D eigenvalue weighted by molar-refractivity contribution is -0.145. The molecule has 1 amide bonds. The van der Waals surface area contributed by atoms with E-state index in [1.165, 1.54) is 12.1 Å². The van der Waals surface area contributed by atoms with Gasteiger partial charge in [-0.2, -0.15) is 5.10 Å². The Morgan fingerprint density at radius 2 is 2.21 bits per heavy atom. The van der Waals surface area contributed by atoms with Gasteiger partial charge in [0.1, 0.15) is 6.61 Å². The molecule has 0 bridgehead atoms. The molecule has 150 valence electrons. The summed E-state index contributed by atoms with van der Waals surface area (Å²) in [6, 6.07) is 7.22. The second-order valence-corrected chi connectivity index (χ2v) is 6.23. The van der Waals surface area contributed by atoms with Crippen LogP contribution in [0.25, 0.3) is 0 Å². The Balaban J connectivity index is 1.63. The zero-order valence-corrected chi connectivity index (χ0v) is 15.5. The summed E-state index contributed by atoms with van der Waals surface area (Å²) in [6.45, 7) is 3.06. The quantitative estimate of drug-likeness (QED) is 0.725. The topological polar surface area (TPSA) is 93.8 Å². The van der Waals surface area contributed by atoms with Gasteiger partial charge >= 0.3 is 5.97 Å². The van der Waals surface area contributed by atoms with Crippen LogP contribution in [0.15, 0.2) is 30.3 Å². The van der Waals surface area contributed by atoms with Crippen molar-refractivity contribution in [2.75, 3.05) is 26.4 Å². The molecule has 3 rings (SSSR count). The molecule has 1 saturated heterocycles. The van der Waals surface area contributed by atoms with E-state index >= 15 is 0 Å². The van der Waals surface area contributed by atoms with Gasteiger partial charge < -0.3 is 19.1 Å². The van der Waals surface area contributed by atoms with Gasteiger partial charge in [-0.05, 0) is 25.1 Å². The van der Waals surface area contributed by atoms with E-state index < -0.39 is 11.9 Å². The summed E-state index contributed by atoms with van der Waals surface area (Å²) in [5, 5.41) is 6.75. The van der Waals surface area contributed by atoms with Crippen LogP contribution < -0.4 is 4.74 Å². The van der Waals surface area contributed by atoms with E-state index in [9.17, 15) is 14.0 Å². The van der Waals surface area contributed by atoms with Crippen LogP contribution in [0.5, 0.6) is 5.75 Å². The highest BCUT2D eigenvalue weighted by Gasteiger charge is 2.31. The molecule has 0 spiro atoms. The highest BCUT2D eigenvalue weighted by atomic mass is 19.1. The van der Waals surface area contributed by atoms with Crippen molar-refractivity contribution >= 4 is 11.9 Å². The third-order valence-corrected chi connectivity index (χ3v) is 4.27. The van der Waals surface area contributed by atoms with Gasteiger partial charge in [-0.3, -0.25) is 14.7 Å². The SMILES string of the molecule is CCOC(=O)C[C@@H]1COCCN1C(=O)c1cc(COc2ccccc2F)[nH]n1. The third-order valence-electron chi connectivity index (χ3n) is 4.27. The Bertz CT molecular complexity index is 825. The summed E-state index contributed by atoms with van der Waals surface area (Å²) in [6.07, 6.45) is 0.0628. The summed E-state index contributed by atoms with van der Waals surface area (Å²) in [7, 11) is 0. The number of benzene rings is 1. The second-order valence-electron chi connectivity index (χ2n) is 6.23. The number of para-hydroxylation sites is 1. The van der Waals surface area contributed by atoms with E-state index in [-0.39, 0.29) is 49.6 Å². The molecule has 28 heavy (non-hydrogen) atoms. The van der Waals surface area contributed by atoms with Crippen LogP contribution in [0.4, 0.5) is 4.39 Å². The Labute approximate surface area is 161 Å². The minimum Gasteiger partial charge on any atom is -0.484 e. The second kappa shape index (κ2) is 9.32. The van der Waals surface area contributed by atoms with E-state index in [1.54, 1.807) is 30.0 Å². The van der Waals surface area contributed by atoms with Crippen molar-refractivity contribution in [3.8, 4) is 5.75 Å². The molecule has 2 aromatic rings. The number of carbonyl (C=O) groups is 2. The smallest absolute Gasteiger partial charge is 0.307 e. The van der Waals surface area contributed by atoms with Gasteiger partial charge in [-0.15, -0.1) is 0 Å². The molecule has 1 aromatic carbocycles. The number of aromatic nitrogens is 2. The first kappa shape index (κ1) is 19.8. The number of morpholine rings is 1. The molecular formula is C19H22FN3O5. The number of carbonyl (C=O) groups excluding carboxylic acids is 2. The van der Waals surface area contributed by atoms with E-state index in [4.69, 9.17) is 14.2 Å². The predicted octanol–water partition coefficient (Wildman–Crippen LogP) is 1.92. The molecule has 1 N–H and O–H groups in total. The fourth-order valence-corrected chi connectivity index (χ4v) is 2.91. The molecule has 0 unspecified atom stereocenters. The molecule has 0 aliphatic carbocycles. The summed E-state index contributed by atoms with van der Waals surface area (Å²) in [4.78, 5) is 26.2. The van der Waals surface area contributed by atoms with Crippen LogP contribution in [0.3, 0.4) is 0 Å². The lowest BCUT2D eigenvalue weighted by Gasteiger charge is -2.34.